The molecule has 0 radical (unpaired) electrons. The van der Waals surface area contributed by atoms with Crippen LogP contribution in [-0.2, 0) is 14.3 Å². The minimum absolute atomic E-state index is 0.344. The first kappa shape index (κ1) is 20.1. The van der Waals surface area contributed by atoms with Crippen molar-refractivity contribution in [2.24, 2.45) is 5.10 Å². The Bertz CT molecular complexity index is 918. The van der Waals surface area contributed by atoms with Gasteiger partial charge in [-0.3, -0.25) is 4.79 Å². The van der Waals surface area contributed by atoms with Gasteiger partial charge < -0.3 is 9.47 Å². The topological polar surface area (TPSA) is 68.2 Å². The molecule has 0 saturated carbocycles. The first-order chi connectivity index (χ1) is 14.2. The molecule has 0 atom stereocenters. The van der Waals surface area contributed by atoms with Gasteiger partial charge in [-0.05, 0) is 29.3 Å². The summed E-state index contributed by atoms with van der Waals surface area (Å²) in [6.07, 6.45) is 5.25. The summed E-state index contributed by atoms with van der Waals surface area (Å²) in [5, 5.41) is 5.68. The van der Waals surface area contributed by atoms with Gasteiger partial charge in [0.2, 0.25) is 0 Å². The summed E-state index contributed by atoms with van der Waals surface area (Å²) in [5.74, 6) is -0.213. The molecule has 0 saturated heterocycles. The van der Waals surface area contributed by atoms with E-state index in [0.29, 0.717) is 19.6 Å². The highest BCUT2D eigenvalue weighted by Crippen LogP contribution is 2.14. The Morgan fingerprint density at radius 3 is 2.59 bits per heavy atom. The van der Waals surface area contributed by atoms with E-state index in [1.165, 1.54) is 11.1 Å². The van der Waals surface area contributed by atoms with Crippen LogP contribution < -0.4 is 4.74 Å². The summed E-state index contributed by atoms with van der Waals surface area (Å²) >= 11 is 0. The van der Waals surface area contributed by atoms with Crippen molar-refractivity contribution < 1.29 is 19.1 Å². The number of esters is 1. The lowest BCUT2D eigenvalue weighted by Crippen LogP contribution is -2.28. The highest BCUT2D eigenvalue weighted by Gasteiger charge is 2.22. The van der Waals surface area contributed by atoms with Gasteiger partial charge in [0.05, 0.1) is 12.3 Å². The number of benzene rings is 2. The number of hydrogen-bond donors (Lipinski definition) is 0. The highest BCUT2D eigenvalue weighted by atomic mass is 16.5. The minimum atomic E-state index is -0.586. The van der Waals surface area contributed by atoms with Crippen LogP contribution in [-0.4, -0.2) is 42.4 Å². The number of nitrogens with zero attached hydrogens (tertiary/aromatic N) is 2. The molecule has 1 aliphatic rings. The third-order valence-corrected chi connectivity index (χ3v) is 4.19. The third kappa shape index (κ3) is 5.90. The summed E-state index contributed by atoms with van der Waals surface area (Å²) in [6, 6.07) is 16.9. The molecule has 0 spiro atoms. The van der Waals surface area contributed by atoms with Crippen LogP contribution in [0.4, 0.5) is 0 Å². The van der Waals surface area contributed by atoms with Crippen LogP contribution >= 0.6 is 0 Å². The van der Waals surface area contributed by atoms with E-state index in [-0.39, 0.29) is 12.5 Å². The number of carbonyl (C=O) groups is 2. The Balaban J connectivity index is 1.46. The molecule has 0 N–H and O–H groups in total. The van der Waals surface area contributed by atoms with Crippen LogP contribution in [0, 0.1) is 0 Å². The van der Waals surface area contributed by atoms with Crippen LogP contribution in [0.1, 0.15) is 17.5 Å². The van der Waals surface area contributed by atoms with Crippen molar-refractivity contribution in [1.29, 1.82) is 0 Å². The SMILES string of the molecule is C=CCOc1ccc(/C=C/C(=O)OCC(=O)N2CCC(c3ccccc3)=N2)cc1. The second-order valence-electron chi connectivity index (χ2n) is 6.29. The monoisotopic (exact) mass is 390 g/mol. The largest absolute Gasteiger partial charge is 0.490 e. The quantitative estimate of drug-likeness (QED) is 0.393. The van der Waals surface area contributed by atoms with E-state index in [2.05, 4.69) is 11.7 Å². The van der Waals surface area contributed by atoms with Gasteiger partial charge in [-0.1, -0.05) is 55.1 Å². The Labute approximate surface area is 169 Å². The second-order valence-corrected chi connectivity index (χ2v) is 6.29. The Morgan fingerprint density at radius 1 is 1.10 bits per heavy atom. The number of hydrazone groups is 1. The number of carbonyl (C=O) groups excluding carboxylic acids is 2. The molecule has 0 aromatic heterocycles. The fraction of sp³-hybridized carbons (Fsp3) is 0.174. The molecule has 29 heavy (non-hydrogen) atoms. The van der Waals surface area contributed by atoms with Gasteiger partial charge in [0.25, 0.3) is 5.91 Å². The van der Waals surface area contributed by atoms with Crippen LogP contribution in [0.3, 0.4) is 0 Å². The van der Waals surface area contributed by atoms with Crippen molar-refractivity contribution in [2.75, 3.05) is 19.8 Å². The second kappa shape index (κ2) is 10.0. The van der Waals surface area contributed by atoms with Gasteiger partial charge in [-0.15, -0.1) is 0 Å². The molecule has 148 valence electrons. The average Bonchev–Trinajstić information content (AvgIpc) is 3.26. The molecule has 0 aliphatic carbocycles. The first-order valence-corrected chi connectivity index (χ1v) is 9.27. The van der Waals surface area contributed by atoms with Crippen molar-refractivity contribution in [2.45, 2.75) is 6.42 Å². The summed E-state index contributed by atoms with van der Waals surface area (Å²) in [5.41, 5.74) is 2.66. The van der Waals surface area contributed by atoms with Crippen molar-refractivity contribution in [3.05, 3.63) is 84.5 Å². The average molecular weight is 390 g/mol. The lowest BCUT2D eigenvalue weighted by molar-refractivity contribution is -0.147. The zero-order chi connectivity index (χ0) is 20.5. The fourth-order valence-corrected chi connectivity index (χ4v) is 2.72. The van der Waals surface area contributed by atoms with E-state index in [9.17, 15) is 9.59 Å². The molecule has 6 nitrogen and oxygen atoms in total. The smallest absolute Gasteiger partial charge is 0.331 e. The lowest BCUT2D eigenvalue weighted by atomic mass is 10.1. The lowest BCUT2D eigenvalue weighted by Gasteiger charge is -2.10. The minimum Gasteiger partial charge on any atom is -0.490 e. The molecule has 2 aromatic carbocycles. The van der Waals surface area contributed by atoms with Crippen molar-refractivity contribution >= 4 is 23.7 Å². The van der Waals surface area contributed by atoms with Gasteiger partial charge in [-0.25, -0.2) is 9.80 Å². The Hall–Kier alpha value is -3.67. The van der Waals surface area contributed by atoms with E-state index in [0.717, 1.165) is 22.6 Å². The molecule has 0 fully saturated rings. The van der Waals surface area contributed by atoms with Crippen molar-refractivity contribution in [3.63, 3.8) is 0 Å². The van der Waals surface area contributed by atoms with Crippen LogP contribution in [0.15, 0.2) is 78.4 Å². The highest BCUT2D eigenvalue weighted by molar-refractivity contribution is 6.02. The standard InChI is InChI=1S/C23H22N2O4/c1-2-16-28-20-11-8-18(9-12-20)10-13-23(27)29-17-22(26)25-15-14-21(24-25)19-6-4-3-5-7-19/h2-13H,1,14-17H2/b13-10+. The van der Waals surface area contributed by atoms with E-state index >= 15 is 0 Å². The van der Waals surface area contributed by atoms with Crippen molar-refractivity contribution in [1.82, 2.24) is 5.01 Å². The molecule has 3 rings (SSSR count). The molecule has 1 aliphatic heterocycles. The van der Waals surface area contributed by atoms with Gasteiger partial charge in [0, 0.05) is 12.5 Å². The zero-order valence-electron chi connectivity index (χ0n) is 16.0. The molecular formula is C23H22N2O4. The van der Waals surface area contributed by atoms with Crippen LogP contribution in [0.2, 0.25) is 0 Å². The fourth-order valence-electron chi connectivity index (χ4n) is 2.72. The summed E-state index contributed by atoms with van der Waals surface area (Å²) in [4.78, 5) is 24.1. The number of ether oxygens (including phenoxy) is 2. The van der Waals surface area contributed by atoms with E-state index in [1.807, 2.05) is 42.5 Å². The predicted molar refractivity (Wildman–Crippen MR) is 111 cm³/mol. The van der Waals surface area contributed by atoms with E-state index < -0.39 is 5.97 Å². The van der Waals surface area contributed by atoms with Crippen LogP contribution in [0.25, 0.3) is 6.08 Å². The number of amides is 1. The first-order valence-electron chi connectivity index (χ1n) is 9.27. The van der Waals surface area contributed by atoms with E-state index in [1.54, 1.807) is 24.3 Å². The van der Waals surface area contributed by atoms with Crippen LogP contribution in [0.5, 0.6) is 5.75 Å². The van der Waals surface area contributed by atoms with Gasteiger partial charge in [0.15, 0.2) is 6.61 Å². The Morgan fingerprint density at radius 2 is 1.86 bits per heavy atom. The maximum Gasteiger partial charge on any atom is 0.331 e. The summed E-state index contributed by atoms with van der Waals surface area (Å²) in [7, 11) is 0. The summed E-state index contributed by atoms with van der Waals surface area (Å²) < 4.78 is 10.4. The van der Waals surface area contributed by atoms with Crippen molar-refractivity contribution in [3.8, 4) is 5.75 Å². The maximum absolute atomic E-state index is 12.2. The number of rotatable bonds is 8. The normalized spacial score (nSPS) is 13.2. The van der Waals surface area contributed by atoms with E-state index in [4.69, 9.17) is 9.47 Å². The molecular weight excluding hydrogens is 368 g/mol. The molecule has 0 unspecified atom stereocenters. The third-order valence-electron chi connectivity index (χ3n) is 4.19. The molecule has 6 heteroatoms. The molecule has 0 bridgehead atoms. The summed E-state index contributed by atoms with van der Waals surface area (Å²) in [6.45, 7) is 4.17. The molecule has 2 aromatic rings. The van der Waals surface area contributed by atoms with Gasteiger partial charge >= 0.3 is 5.97 Å². The molecule has 1 heterocycles. The molecule has 1 amide bonds. The zero-order valence-corrected chi connectivity index (χ0v) is 16.0. The maximum atomic E-state index is 12.2. The van der Waals surface area contributed by atoms with Gasteiger partial charge in [0.1, 0.15) is 12.4 Å². The number of hydrogen-bond acceptors (Lipinski definition) is 5. The van der Waals surface area contributed by atoms with Gasteiger partial charge in [-0.2, -0.15) is 5.10 Å². The predicted octanol–water partition coefficient (Wildman–Crippen LogP) is 3.44. The Kier molecular flexibility index (Phi) is 6.95.